The molecule has 0 saturated heterocycles. The van der Waals surface area contributed by atoms with Crippen molar-refractivity contribution < 1.29 is 9.53 Å². The number of hydrogen-bond donors (Lipinski definition) is 0. The number of hydrogen-bond acceptors (Lipinski definition) is 2. The number of carbonyl (C=O) groups excluding carboxylic acids is 1. The van der Waals surface area contributed by atoms with Gasteiger partial charge in [0.2, 0.25) is 0 Å². The lowest BCUT2D eigenvalue weighted by atomic mass is 9.99. The maximum absolute atomic E-state index is 10.9. The summed E-state index contributed by atoms with van der Waals surface area (Å²) in [5.41, 5.74) is 1.05. The second-order valence-electron chi connectivity index (χ2n) is 3.68. The summed E-state index contributed by atoms with van der Waals surface area (Å²) in [6, 6.07) is 9.82. The number of carbonyl (C=O) groups is 1. The highest BCUT2D eigenvalue weighted by molar-refractivity contribution is 5.66. The van der Waals surface area contributed by atoms with Crippen LogP contribution in [-0.2, 0) is 9.53 Å². The lowest BCUT2D eigenvalue weighted by molar-refractivity contribution is -0.149. The second-order valence-corrected chi connectivity index (χ2v) is 3.68. The van der Waals surface area contributed by atoms with Crippen molar-refractivity contribution in [2.75, 3.05) is 0 Å². The minimum absolute atomic E-state index is 0.131. The molecule has 1 unspecified atom stereocenters. The molecule has 14 heavy (non-hydrogen) atoms. The largest absolute Gasteiger partial charge is 0.457 e. The van der Waals surface area contributed by atoms with Gasteiger partial charge in [0.25, 0.3) is 0 Å². The van der Waals surface area contributed by atoms with Gasteiger partial charge in [-0.3, -0.25) is 4.79 Å². The molecular formula is C12H16O2. The van der Waals surface area contributed by atoms with Crippen molar-refractivity contribution in [3.8, 4) is 0 Å². The van der Waals surface area contributed by atoms with Crippen molar-refractivity contribution in [2.45, 2.75) is 26.9 Å². The molecule has 0 aliphatic carbocycles. The van der Waals surface area contributed by atoms with E-state index in [-0.39, 0.29) is 12.1 Å². The van der Waals surface area contributed by atoms with Gasteiger partial charge in [-0.05, 0) is 11.5 Å². The molecule has 1 aromatic rings. The van der Waals surface area contributed by atoms with Crippen LogP contribution >= 0.6 is 0 Å². The molecule has 0 radical (unpaired) electrons. The molecule has 76 valence electrons. The third-order valence-corrected chi connectivity index (χ3v) is 2.03. The maximum Gasteiger partial charge on any atom is 0.303 e. The number of benzene rings is 1. The summed E-state index contributed by atoms with van der Waals surface area (Å²) in [7, 11) is 0. The van der Waals surface area contributed by atoms with Crippen molar-refractivity contribution >= 4 is 5.97 Å². The molecule has 2 heteroatoms. The van der Waals surface area contributed by atoms with E-state index in [4.69, 9.17) is 4.74 Å². The zero-order chi connectivity index (χ0) is 10.6. The molecule has 0 bridgehead atoms. The Bertz CT molecular complexity index is 290. The van der Waals surface area contributed by atoms with Crippen LogP contribution in [0.3, 0.4) is 0 Å². The highest BCUT2D eigenvalue weighted by Gasteiger charge is 2.17. The van der Waals surface area contributed by atoms with Gasteiger partial charge in [0.05, 0.1) is 0 Å². The van der Waals surface area contributed by atoms with Gasteiger partial charge in [0, 0.05) is 6.92 Å². The van der Waals surface area contributed by atoms with E-state index in [1.54, 1.807) is 0 Å². The van der Waals surface area contributed by atoms with Crippen LogP contribution in [0.25, 0.3) is 0 Å². The molecule has 0 fully saturated rings. The van der Waals surface area contributed by atoms with Crippen LogP contribution in [-0.4, -0.2) is 5.97 Å². The fraction of sp³-hybridized carbons (Fsp3) is 0.417. The smallest absolute Gasteiger partial charge is 0.303 e. The highest BCUT2D eigenvalue weighted by Crippen LogP contribution is 2.25. The molecule has 0 N–H and O–H groups in total. The quantitative estimate of drug-likeness (QED) is 0.688. The summed E-state index contributed by atoms with van der Waals surface area (Å²) in [6.45, 7) is 5.53. The van der Waals surface area contributed by atoms with Crippen molar-refractivity contribution in [3.05, 3.63) is 35.9 Å². The standard InChI is InChI=1S/C12H16O2/c1-9(2)12(14-10(3)13)11-7-5-4-6-8-11/h4-9,12H,1-3H3. The Hall–Kier alpha value is -1.31. The molecule has 0 aliphatic heterocycles. The molecule has 0 saturated carbocycles. The van der Waals surface area contributed by atoms with Crippen LogP contribution in [0.2, 0.25) is 0 Å². The van der Waals surface area contributed by atoms with Gasteiger partial charge in [0.15, 0.2) is 0 Å². The topological polar surface area (TPSA) is 26.3 Å². The first kappa shape index (κ1) is 10.8. The number of esters is 1. The molecule has 0 amide bonds. The van der Waals surface area contributed by atoms with Crippen LogP contribution in [0, 0.1) is 5.92 Å². The van der Waals surface area contributed by atoms with Gasteiger partial charge in [0.1, 0.15) is 6.10 Å². The van der Waals surface area contributed by atoms with Gasteiger partial charge in [-0.15, -0.1) is 0 Å². The van der Waals surface area contributed by atoms with E-state index < -0.39 is 0 Å². The summed E-state index contributed by atoms with van der Waals surface area (Å²) >= 11 is 0. The molecule has 0 heterocycles. The SMILES string of the molecule is CC(=O)OC(c1ccccc1)C(C)C. The lowest BCUT2D eigenvalue weighted by Crippen LogP contribution is -2.14. The normalized spacial score (nSPS) is 12.6. The van der Waals surface area contributed by atoms with Gasteiger partial charge in [-0.1, -0.05) is 44.2 Å². The molecule has 1 rings (SSSR count). The summed E-state index contributed by atoms with van der Waals surface area (Å²) in [5, 5.41) is 0. The third-order valence-electron chi connectivity index (χ3n) is 2.03. The monoisotopic (exact) mass is 192 g/mol. The van der Waals surface area contributed by atoms with Gasteiger partial charge in [-0.25, -0.2) is 0 Å². The van der Waals surface area contributed by atoms with E-state index in [0.717, 1.165) is 5.56 Å². The molecule has 0 aliphatic rings. The average molecular weight is 192 g/mol. The first-order valence-corrected chi connectivity index (χ1v) is 4.83. The fourth-order valence-electron chi connectivity index (χ4n) is 1.41. The molecule has 1 atom stereocenters. The molecule has 0 aromatic heterocycles. The van der Waals surface area contributed by atoms with Gasteiger partial charge >= 0.3 is 5.97 Å². The summed E-state index contributed by atoms with van der Waals surface area (Å²) < 4.78 is 5.26. The maximum atomic E-state index is 10.9. The predicted octanol–water partition coefficient (Wildman–Crippen LogP) is 2.95. The van der Waals surface area contributed by atoms with Crippen LogP contribution < -0.4 is 0 Å². The van der Waals surface area contributed by atoms with E-state index in [9.17, 15) is 4.79 Å². The van der Waals surface area contributed by atoms with E-state index in [0.29, 0.717) is 5.92 Å². The molecule has 2 nitrogen and oxygen atoms in total. The Labute approximate surface area is 84.9 Å². The minimum Gasteiger partial charge on any atom is -0.457 e. The second kappa shape index (κ2) is 4.80. The van der Waals surface area contributed by atoms with Crippen molar-refractivity contribution in [2.24, 2.45) is 5.92 Å². The Balaban J connectivity index is 2.83. The number of rotatable bonds is 3. The first-order valence-electron chi connectivity index (χ1n) is 4.83. The van der Waals surface area contributed by atoms with Crippen LogP contribution in [0.5, 0.6) is 0 Å². The Morgan fingerprint density at radius 2 is 1.79 bits per heavy atom. The minimum atomic E-state index is -0.229. The Morgan fingerprint density at radius 1 is 1.21 bits per heavy atom. The Morgan fingerprint density at radius 3 is 2.21 bits per heavy atom. The van der Waals surface area contributed by atoms with Crippen LogP contribution in [0.15, 0.2) is 30.3 Å². The molecular weight excluding hydrogens is 176 g/mol. The van der Waals surface area contributed by atoms with E-state index in [1.165, 1.54) is 6.92 Å². The third kappa shape index (κ3) is 2.87. The predicted molar refractivity (Wildman–Crippen MR) is 55.8 cm³/mol. The van der Waals surface area contributed by atoms with Gasteiger partial charge < -0.3 is 4.74 Å². The summed E-state index contributed by atoms with van der Waals surface area (Å²) in [6.07, 6.45) is -0.131. The summed E-state index contributed by atoms with van der Waals surface area (Å²) in [5.74, 6) is 0.0638. The van der Waals surface area contributed by atoms with E-state index in [2.05, 4.69) is 0 Å². The van der Waals surface area contributed by atoms with Crippen molar-refractivity contribution in [1.82, 2.24) is 0 Å². The highest BCUT2D eigenvalue weighted by atomic mass is 16.5. The zero-order valence-corrected chi connectivity index (χ0v) is 8.86. The average Bonchev–Trinajstić information content (AvgIpc) is 2.15. The van der Waals surface area contributed by atoms with Crippen molar-refractivity contribution in [1.29, 1.82) is 0 Å². The molecule has 1 aromatic carbocycles. The summed E-state index contributed by atoms with van der Waals surface area (Å²) in [4.78, 5) is 10.9. The lowest BCUT2D eigenvalue weighted by Gasteiger charge is -2.20. The van der Waals surface area contributed by atoms with Gasteiger partial charge in [-0.2, -0.15) is 0 Å². The van der Waals surface area contributed by atoms with Crippen LogP contribution in [0.4, 0.5) is 0 Å². The van der Waals surface area contributed by atoms with Crippen LogP contribution in [0.1, 0.15) is 32.4 Å². The molecule has 0 spiro atoms. The number of ether oxygens (including phenoxy) is 1. The Kier molecular flexibility index (Phi) is 3.69. The van der Waals surface area contributed by atoms with E-state index >= 15 is 0 Å². The van der Waals surface area contributed by atoms with Crippen molar-refractivity contribution in [3.63, 3.8) is 0 Å². The van der Waals surface area contributed by atoms with E-state index in [1.807, 2.05) is 44.2 Å². The first-order chi connectivity index (χ1) is 6.61. The fourth-order valence-corrected chi connectivity index (χ4v) is 1.41. The zero-order valence-electron chi connectivity index (χ0n) is 8.86.